The third-order valence-corrected chi connectivity index (χ3v) is 4.15. The van der Waals surface area contributed by atoms with Gasteiger partial charge in [0.15, 0.2) is 0 Å². The standard InChI is InChI=1S/C12H12BrClN2O/c1-7(8-5-15-6-8)12(17)16-10-4-2-3-9(14)11(10)13/h2-4,15H,5-6H2,1H3,(H,16,17). The van der Waals surface area contributed by atoms with Gasteiger partial charge in [-0.05, 0) is 40.6 Å². The van der Waals surface area contributed by atoms with Crippen LogP contribution in [0.4, 0.5) is 5.69 Å². The molecule has 0 atom stereocenters. The molecule has 1 heterocycles. The highest BCUT2D eigenvalue weighted by molar-refractivity contribution is 9.10. The van der Waals surface area contributed by atoms with Gasteiger partial charge in [-0.1, -0.05) is 17.7 Å². The number of carbonyl (C=O) groups is 1. The van der Waals surface area contributed by atoms with Crippen LogP contribution in [-0.2, 0) is 4.79 Å². The van der Waals surface area contributed by atoms with Crippen LogP contribution in [0.1, 0.15) is 6.92 Å². The van der Waals surface area contributed by atoms with Crippen LogP contribution in [0.3, 0.4) is 0 Å². The number of benzene rings is 1. The minimum Gasteiger partial charge on any atom is -0.321 e. The van der Waals surface area contributed by atoms with E-state index in [1.54, 1.807) is 12.1 Å². The Hall–Kier alpha value is -0.840. The van der Waals surface area contributed by atoms with Gasteiger partial charge in [-0.2, -0.15) is 0 Å². The second-order valence-corrected chi connectivity index (χ2v) is 5.09. The van der Waals surface area contributed by atoms with Gasteiger partial charge in [0.05, 0.1) is 15.2 Å². The number of nitrogens with one attached hydrogen (secondary N) is 2. The molecule has 0 bridgehead atoms. The fourth-order valence-corrected chi connectivity index (χ4v) is 2.03. The maximum Gasteiger partial charge on any atom is 0.251 e. The number of hydrogen-bond donors (Lipinski definition) is 2. The molecule has 1 saturated heterocycles. The molecule has 1 aromatic carbocycles. The van der Waals surface area contributed by atoms with Crippen LogP contribution >= 0.6 is 27.5 Å². The smallest absolute Gasteiger partial charge is 0.251 e. The van der Waals surface area contributed by atoms with Gasteiger partial charge >= 0.3 is 0 Å². The minimum absolute atomic E-state index is 0.0792. The summed E-state index contributed by atoms with van der Waals surface area (Å²) in [5.41, 5.74) is 2.62. The largest absolute Gasteiger partial charge is 0.321 e. The van der Waals surface area contributed by atoms with Gasteiger partial charge in [-0.15, -0.1) is 0 Å². The summed E-state index contributed by atoms with van der Waals surface area (Å²) in [6.45, 7) is 3.44. The molecule has 1 amide bonds. The molecule has 0 saturated carbocycles. The molecule has 0 aromatic heterocycles. The van der Waals surface area contributed by atoms with Crippen LogP contribution in [0.5, 0.6) is 0 Å². The summed E-state index contributed by atoms with van der Waals surface area (Å²) in [7, 11) is 0. The van der Waals surface area contributed by atoms with Crippen molar-refractivity contribution in [3.05, 3.63) is 38.8 Å². The SMILES string of the molecule is CC(C(=O)Nc1cccc(Cl)c1Br)=C1CNC1. The fraction of sp³-hybridized carbons (Fsp3) is 0.250. The first kappa shape index (κ1) is 12.6. The Morgan fingerprint density at radius 1 is 1.47 bits per heavy atom. The van der Waals surface area contributed by atoms with Gasteiger partial charge < -0.3 is 10.6 Å². The molecule has 1 aliphatic heterocycles. The summed E-state index contributed by atoms with van der Waals surface area (Å²) in [5, 5.41) is 6.54. The highest BCUT2D eigenvalue weighted by Crippen LogP contribution is 2.30. The quantitative estimate of drug-likeness (QED) is 0.824. The Balaban J connectivity index is 2.16. The molecule has 0 unspecified atom stereocenters. The monoisotopic (exact) mass is 314 g/mol. The second kappa shape index (κ2) is 5.21. The third kappa shape index (κ3) is 2.70. The van der Waals surface area contributed by atoms with Crippen molar-refractivity contribution in [2.24, 2.45) is 0 Å². The Bertz CT molecular complexity index is 493. The number of carbonyl (C=O) groups excluding carboxylic acids is 1. The Labute approximate surface area is 113 Å². The zero-order valence-electron chi connectivity index (χ0n) is 9.31. The van der Waals surface area contributed by atoms with Gasteiger partial charge in [-0.25, -0.2) is 0 Å². The molecule has 3 nitrogen and oxygen atoms in total. The Morgan fingerprint density at radius 3 is 2.76 bits per heavy atom. The Kier molecular flexibility index (Phi) is 3.86. The van der Waals surface area contributed by atoms with Gasteiger partial charge in [0.1, 0.15) is 0 Å². The van der Waals surface area contributed by atoms with Gasteiger partial charge in [0.25, 0.3) is 5.91 Å². The topological polar surface area (TPSA) is 41.1 Å². The zero-order chi connectivity index (χ0) is 12.4. The van der Waals surface area contributed by atoms with E-state index in [0.29, 0.717) is 15.2 Å². The van der Waals surface area contributed by atoms with Crippen molar-refractivity contribution in [3.63, 3.8) is 0 Å². The molecule has 17 heavy (non-hydrogen) atoms. The molecule has 0 spiro atoms. The molecule has 2 rings (SSSR count). The Morgan fingerprint density at radius 2 is 2.18 bits per heavy atom. The third-order valence-electron chi connectivity index (χ3n) is 2.75. The number of amides is 1. The molecule has 1 aliphatic rings. The zero-order valence-corrected chi connectivity index (χ0v) is 11.7. The first-order chi connectivity index (χ1) is 8.09. The van der Waals surface area contributed by atoms with Crippen molar-refractivity contribution >= 4 is 39.1 Å². The molecule has 0 radical (unpaired) electrons. The fourth-order valence-electron chi connectivity index (χ4n) is 1.49. The van der Waals surface area contributed by atoms with Crippen molar-refractivity contribution in [2.75, 3.05) is 18.4 Å². The van der Waals surface area contributed by atoms with E-state index in [2.05, 4.69) is 26.6 Å². The van der Waals surface area contributed by atoms with Crippen LogP contribution < -0.4 is 10.6 Å². The lowest BCUT2D eigenvalue weighted by molar-refractivity contribution is -0.112. The summed E-state index contributed by atoms with van der Waals surface area (Å²) in [5.74, 6) is -0.0792. The van der Waals surface area contributed by atoms with E-state index in [0.717, 1.165) is 24.2 Å². The average Bonchev–Trinajstić information content (AvgIpc) is 2.22. The van der Waals surface area contributed by atoms with Gasteiger partial charge in [0.2, 0.25) is 0 Å². The van der Waals surface area contributed by atoms with Crippen LogP contribution in [0.2, 0.25) is 5.02 Å². The van der Waals surface area contributed by atoms with Crippen LogP contribution in [-0.4, -0.2) is 19.0 Å². The van der Waals surface area contributed by atoms with E-state index in [4.69, 9.17) is 11.6 Å². The number of rotatable bonds is 2. The van der Waals surface area contributed by atoms with Crippen molar-refractivity contribution in [3.8, 4) is 0 Å². The van der Waals surface area contributed by atoms with E-state index < -0.39 is 0 Å². The molecular weight excluding hydrogens is 304 g/mol. The van der Waals surface area contributed by atoms with E-state index >= 15 is 0 Å². The van der Waals surface area contributed by atoms with Crippen molar-refractivity contribution in [1.29, 1.82) is 0 Å². The first-order valence-corrected chi connectivity index (χ1v) is 6.41. The summed E-state index contributed by atoms with van der Waals surface area (Å²) in [4.78, 5) is 11.9. The van der Waals surface area contributed by atoms with Crippen molar-refractivity contribution in [1.82, 2.24) is 5.32 Å². The summed E-state index contributed by atoms with van der Waals surface area (Å²) < 4.78 is 0.708. The van der Waals surface area contributed by atoms with Gasteiger partial charge in [-0.3, -0.25) is 4.79 Å². The summed E-state index contributed by atoms with van der Waals surface area (Å²) in [6.07, 6.45) is 0. The molecular formula is C12H12BrClN2O. The van der Waals surface area contributed by atoms with Crippen LogP contribution in [0, 0.1) is 0 Å². The van der Waals surface area contributed by atoms with Crippen molar-refractivity contribution in [2.45, 2.75) is 6.92 Å². The lowest BCUT2D eigenvalue weighted by atomic mass is 10.0. The highest BCUT2D eigenvalue weighted by atomic mass is 79.9. The predicted molar refractivity (Wildman–Crippen MR) is 73.4 cm³/mol. The molecule has 5 heteroatoms. The summed E-state index contributed by atoms with van der Waals surface area (Å²) >= 11 is 9.31. The van der Waals surface area contributed by atoms with E-state index in [-0.39, 0.29) is 5.91 Å². The maximum absolute atomic E-state index is 11.9. The van der Waals surface area contributed by atoms with E-state index in [1.807, 2.05) is 13.0 Å². The number of anilines is 1. The van der Waals surface area contributed by atoms with Crippen molar-refractivity contribution < 1.29 is 4.79 Å². The predicted octanol–water partition coefficient (Wildman–Crippen LogP) is 2.96. The van der Waals surface area contributed by atoms with Gasteiger partial charge in [0, 0.05) is 18.7 Å². The molecule has 1 aromatic rings. The average molecular weight is 316 g/mol. The first-order valence-electron chi connectivity index (χ1n) is 5.24. The second-order valence-electron chi connectivity index (χ2n) is 3.89. The normalized spacial score (nSPS) is 14.2. The molecule has 90 valence electrons. The highest BCUT2D eigenvalue weighted by Gasteiger charge is 2.16. The lowest BCUT2D eigenvalue weighted by Crippen LogP contribution is -2.36. The number of halogens is 2. The lowest BCUT2D eigenvalue weighted by Gasteiger charge is -2.21. The molecule has 2 N–H and O–H groups in total. The molecule has 0 aliphatic carbocycles. The van der Waals surface area contributed by atoms with E-state index in [9.17, 15) is 4.79 Å². The molecule has 1 fully saturated rings. The van der Waals surface area contributed by atoms with Crippen LogP contribution in [0.15, 0.2) is 33.8 Å². The van der Waals surface area contributed by atoms with Crippen LogP contribution in [0.25, 0.3) is 0 Å². The summed E-state index contributed by atoms with van der Waals surface area (Å²) in [6, 6.07) is 5.38. The number of hydrogen-bond acceptors (Lipinski definition) is 2. The maximum atomic E-state index is 11.9. The van der Waals surface area contributed by atoms with E-state index in [1.165, 1.54) is 0 Å². The minimum atomic E-state index is -0.0792.